The Labute approximate surface area is 110 Å². The van der Waals surface area contributed by atoms with Crippen LogP contribution in [-0.2, 0) is 4.79 Å². The lowest BCUT2D eigenvalue weighted by molar-refractivity contribution is -0.128. The standard InChI is InChI=1S/C14H27N3O/c1-9(2)16-13(18)10(3)17-8-11-6-15-7-12(11)14(17,4)5/h9-12,15H,6-8H2,1-5H3,(H,16,18). The van der Waals surface area contributed by atoms with Crippen LogP contribution in [0.2, 0.25) is 0 Å². The minimum Gasteiger partial charge on any atom is -0.353 e. The number of carbonyl (C=O) groups excluding carboxylic acids is 1. The van der Waals surface area contributed by atoms with E-state index in [0.29, 0.717) is 11.8 Å². The maximum absolute atomic E-state index is 12.2. The third-order valence-corrected chi connectivity index (χ3v) is 4.70. The van der Waals surface area contributed by atoms with Gasteiger partial charge in [0.15, 0.2) is 0 Å². The first-order chi connectivity index (χ1) is 8.34. The van der Waals surface area contributed by atoms with Crippen LogP contribution in [0, 0.1) is 11.8 Å². The van der Waals surface area contributed by atoms with Crippen molar-refractivity contribution in [2.75, 3.05) is 19.6 Å². The molecule has 0 aliphatic carbocycles. The molecule has 0 aromatic carbocycles. The molecule has 2 rings (SSSR count). The highest BCUT2D eigenvalue weighted by molar-refractivity contribution is 5.81. The number of amides is 1. The second-order valence-electron chi connectivity index (χ2n) is 6.67. The highest BCUT2D eigenvalue weighted by atomic mass is 16.2. The molecule has 0 spiro atoms. The van der Waals surface area contributed by atoms with Crippen molar-refractivity contribution in [1.82, 2.24) is 15.5 Å². The van der Waals surface area contributed by atoms with Crippen molar-refractivity contribution >= 4 is 5.91 Å². The van der Waals surface area contributed by atoms with Crippen molar-refractivity contribution in [3.8, 4) is 0 Å². The summed E-state index contributed by atoms with van der Waals surface area (Å²) in [6, 6.07) is 0.180. The summed E-state index contributed by atoms with van der Waals surface area (Å²) in [5.74, 6) is 1.53. The van der Waals surface area contributed by atoms with Crippen LogP contribution in [0.3, 0.4) is 0 Å². The number of fused-ring (bicyclic) bond motifs is 1. The lowest BCUT2D eigenvalue weighted by atomic mass is 9.84. The zero-order valence-electron chi connectivity index (χ0n) is 12.3. The summed E-state index contributed by atoms with van der Waals surface area (Å²) in [4.78, 5) is 14.6. The average Bonchev–Trinajstić information content (AvgIpc) is 2.79. The van der Waals surface area contributed by atoms with E-state index < -0.39 is 0 Å². The maximum Gasteiger partial charge on any atom is 0.237 e. The number of nitrogens with one attached hydrogen (secondary N) is 2. The molecule has 0 bridgehead atoms. The summed E-state index contributed by atoms with van der Waals surface area (Å²) in [5.41, 5.74) is 0.113. The molecule has 4 heteroatoms. The van der Waals surface area contributed by atoms with Gasteiger partial charge in [0.1, 0.15) is 0 Å². The Hall–Kier alpha value is -0.610. The van der Waals surface area contributed by atoms with Crippen molar-refractivity contribution in [1.29, 1.82) is 0 Å². The molecule has 1 amide bonds. The molecule has 2 aliphatic heterocycles. The van der Waals surface area contributed by atoms with E-state index in [0.717, 1.165) is 19.6 Å². The lowest BCUT2D eigenvalue weighted by Gasteiger charge is -2.39. The van der Waals surface area contributed by atoms with E-state index in [1.54, 1.807) is 0 Å². The summed E-state index contributed by atoms with van der Waals surface area (Å²) in [6.07, 6.45) is 0. The molecule has 0 aromatic rings. The Morgan fingerprint density at radius 1 is 1.33 bits per heavy atom. The molecule has 104 valence electrons. The highest BCUT2D eigenvalue weighted by Gasteiger charge is 2.51. The van der Waals surface area contributed by atoms with Crippen LogP contribution in [0.1, 0.15) is 34.6 Å². The molecular formula is C14H27N3O. The number of hydrogen-bond donors (Lipinski definition) is 2. The molecule has 2 N–H and O–H groups in total. The van der Waals surface area contributed by atoms with Crippen molar-refractivity contribution in [3.63, 3.8) is 0 Å². The molecule has 3 atom stereocenters. The van der Waals surface area contributed by atoms with Gasteiger partial charge in [0.25, 0.3) is 0 Å². The number of hydrogen-bond acceptors (Lipinski definition) is 3. The molecule has 2 aliphatic rings. The summed E-state index contributed by atoms with van der Waals surface area (Å²) in [6.45, 7) is 13.9. The molecule has 4 nitrogen and oxygen atoms in total. The first-order valence-electron chi connectivity index (χ1n) is 7.12. The van der Waals surface area contributed by atoms with Gasteiger partial charge in [-0.3, -0.25) is 9.69 Å². The van der Waals surface area contributed by atoms with Gasteiger partial charge in [-0.25, -0.2) is 0 Å². The minimum absolute atomic E-state index is 0.0343. The largest absolute Gasteiger partial charge is 0.353 e. The third kappa shape index (κ3) is 2.28. The van der Waals surface area contributed by atoms with Gasteiger partial charge < -0.3 is 10.6 Å². The van der Waals surface area contributed by atoms with Crippen LogP contribution in [0.4, 0.5) is 0 Å². The molecule has 18 heavy (non-hydrogen) atoms. The monoisotopic (exact) mass is 253 g/mol. The van der Waals surface area contributed by atoms with Crippen LogP contribution in [0.25, 0.3) is 0 Å². The van der Waals surface area contributed by atoms with Crippen LogP contribution in [0.15, 0.2) is 0 Å². The van der Waals surface area contributed by atoms with Crippen molar-refractivity contribution in [2.45, 2.75) is 52.2 Å². The van der Waals surface area contributed by atoms with E-state index in [1.165, 1.54) is 0 Å². The fourth-order valence-corrected chi connectivity index (χ4v) is 3.66. The van der Waals surface area contributed by atoms with E-state index in [4.69, 9.17) is 0 Å². The number of likely N-dealkylation sites (tertiary alicyclic amines) is 1. The van der Waals surface area contributed by atoms with Crippen molar-refractivity contribution in [2.24, 2.45) is 11.8 Å². The number of nitrogens with zero attached hydrogens (tertiary/aromatic N) is 1. The molecule has 0 saturated carbocycles. The van der Waals surface area contributed by atoms with Crippen LogP contribution in [0.5, 0.6) is 0 Å². The third-order valence-electron chi connectivity index (χ3n) is 4.70. The first kappa shape index (κ1) is 13.8. The Balaban J connectivity index is 2.07. The molecule has 0 aromatic heterocycles. The van der Waals surface area contributed by atoms with Crippen molar-refractivity contribution in [3.05, 3.63) is 0 Å². The van der Waals surface area contributed by atoms with E-state index in [2.05, 4.69) is 29.4 Å². The topological polar surface area (TPSA) is 44.4 Å². The summed E-state index contributed by atoms with van der Waals surface area (Å²) in [5, 5.41) is 6.50. The first-order valence-corrected chi connectivity index (χ1v) is 7.12. The Morgan fingerprint density at radius 3 is 2.56 bits per heavy atom. The predicted octanol–water partition coefficient (Wildman–Crippen LogP) is 0.829. The summed E-state index contributed by atoms with van der Waals surface area (Å²) < 4.78 is 0. The molecule has 2 saturated heterocycles. The van der Waals surface area contributed by atoms with Gasteiger partial charge >= 0.3 is 0 Å². The minimum atomic E-state index is -0.0343. The number of carbonyl (C=O) groups is 1. The smallest absolute Gasteiger partial charge is 0.237 e. The fourth-order valence-electron chi connectivity index (χ4n) is 3.66. The van der Waals surface area contributed by atoms with Crippen LogP contribution >= 0.6 is 0 Å². The second kappa shape index (κ2) is 4.82. The molecule has 2 fully saturated rings. The van der Waals surface area contributed by atoms with Gasteiger partial charge in [0, 0.05) is 24.7 Å². The average molecular weight is 253 g/mol. The quantitative estimate of drug-likeness (QED) is 0.783. The zero-order valence-corrected chi connectivity index (χ0v) is 12.3. The van der Waals surface area contributed by atoms with Gasteiger partial charge in [-0.1, -0.05) is 0 Å². The van der Waals surface area contributed by atoms with Gasteiger partial charge in [-0.05, 0) is 53.0 Å². The van der Waals surface area contributed by atoms with Gasteiger partial charge in [-0.2, -0.15) is 0 Å². The van der Waals surface area contributed by atoms with Gasteiger partial charge in [0.05, 0.1) is 6.04 Å². The normalized spacial score (nSPS) is 32.6. The molecule has 2 heterocycles. The summed E-state index contributed by atoms with van der Waals surface area (Å²) >= 11 is 0. The fraction of sp³-hybridized carbons (Fsp3) is 0.929. The Morgan fingerprint density at radius 2 is 2.00 bits per heavy atom. The van der Waals surface area contributed by atoms with E-state index in [-0.39, 0.29) is 23.5 Å². The Bertz CT molecular complexity index is 327. The van der Waals surface area contributed by atoms with E-state index >= 15 is 0 Å². The van der Waals surface area contributed by atoms with E-state index in [9.17, 15) is 4.79 Å². The predicted molar refractivity (Wildman–Crippen MR) is 73.4 cm³/mol. The van der Waals surface area contributed by atoms with Crippen LogP contribution < -0.4 is 10.6 Å². The lowest BCUT2D eigenvalue weighted by Crippen LogP contribution is -2.54. The molecular weight excluding hydrogens is 226 g/mol. The zero-order chi connectivity index (χ0) is 13.5. The van der Waals surface area contributed by atoms with E-state index in [1.807, 2.05) is 20.8 Å². The highest BCUT2D eigenvalue weighted by Crippen LogP contribution is 2.41. The second-order valence-corrected chi connectivity index (χ2v) is 6.67. The van der Waals surface area contributed by atoms with Crippen LogP contribution in [-0.4, -0.2) is 48.1 Å². The Kier molecular flexibility index (Phi) is 3.70. The SMILES string of the molecule is CC(C)NC(=O)C(C)N1CC2CNCC2C1(C)C. The van der Waals surface area contributed by atoms with Gasteiger partial charge in [-0.15, -0.1) is 0 Å². The van der Waals surface area contributed by atoms with Gasteiger partial charge in [0.2, 0.25) is 5.91 Å². The maximum atomic E-state index is 12.2. The van der Waals surface area contributed by atoms with Crippen molar-refractivity contribution < 1.29 is 4.79 Å². The summed E-state index contributed by atoms with van der Waals surface area (Å²) in [7, 11) is 0. The molecule has 3 unspecified atom stereocenters. The molecule has 0 radical (unpaired) electrons. The number of rotatable bonds is 3.